The van der Waals surface area contributed by atoms with E-state index in [1.165, 1.54) is 70.2 Å². The van der Waals surface area contributed by atoms with Crippen molar-refractivity contribution in [2.24, 2.45) is 0 Å². The quantitative estimate of drug-likeness (QED) is 0.169. The van der Waals surface area contributed by atoms with Gasteiger partial charge in [0.2, 0.25) is 0 Å². The van der Waals surface area contributed by atoms with Crippen LogP contribution in [0, 0.1) is 0 Å². The van der Waals surface area contributed by atoms with E-state index in [-0.39, 0.29) is 7.25 Å². The van der Waals surface area contributed by atoms with Crippen LogP contribution in [0.2, 0.25) is 13.1 Å². The fourth-order valence-corrected chi connectivity index (χ4v) is 39.7. The maximum atomic E-state index is 8.30. The molecule has 2 aromatic carbocycles. The first kappa shape index (κ1) is 30.0. The maximum absolute atomic E-state index is 8.30. The molecule has 2 aromatic rings. The SMILES string of the molecule is CCCCC=Cc1cccc2c1C=C(C)[CH]2[Zr]([Cl])([Cl])([CH]1C(C)=Cc2c(C=CCCCC)cccc21)[SiH](C)C. The summed E-state index contributed by atoms with van der Waals surface area (Å²) in [6, 6.07) is 13.6. The Balaban J connectivity index is 1.82. The number of halogens is 2. The fourth-order valence-electron chi connectivity index (χ4n) is 6.81. The van der Waals surface area contributed by atoms with Crippen LogP contribution in [-0.2, 0) is 15.6 Å². The summed E-state index contributed by atoms with van der Waals surface area (Å²) in [4.78, 5) is 0. The summed E-state index contributed by atoms with van der Waals surface area (Å²) in [5.74, 6) is -1.49. The van der Waals surface area contributed by atoms with E-state index in [2.05, 4.69) is 114 Å². The summed E-state index contributed by atoms with van der Waals surface area (Å²) in [7, 11) is 16.6. The van der Waals surface area contributed by atoms with E-state index in [0.29, 0.717) is 0 Å². The van der Waals surface area contributed by atoms with Crippen LogP contribution in [-0.4, -0.2) is 5.92 Å². The van der Waals surface area contributed by atoms with Gasteiger partial charge in [-0.25, -0.2) is 0 Å². The Morgan fingerprint density at radius 1 is 0.737 bits per heavy atom. The van der Waals surface area contributed by atoms with E-state index in [4.69, 9.17) is 17.0 Å². The van der Waals surface area contributed by atoms with Crippen LogP contribution in [0.4, 0.5) is 0 Å². The normalized spacial score (nSPS) is 20.1. The first-order valence-corrected chi connectivity index (χ1v) is 31.0. The molecule has 4 rings (SSSR count). The summed E-state index contributed by atoms with van der Waals surface area (Å²) < 4.78 is 0.321. The summed E-state index contributed by atoms with van der Waals surface area (Å²) in [6.45, 7) is 13.9. The van der Waals surface area contributed by atoms with Gasteiger partial charge in [0.15, 0.2) is 0 Å². The number of hydrogen-bond acceptors (Lipinski definition) is 0. The Hall–Kier alpha value is -0.920. The molecule has 0 radical (unpaired) electrons. The van der Waals surface area contributed by atoms with E-state index in [1.807, 2.05) is 0 Å². The van der Waals surface area contributed by atoms with Gasteiger partial charge in [-0.05, 0) is 0 Å². The Morgan fingerprint density at radius 3 is 1.53 bits per heavy atom. The molecule has 0 saturated carbocycles. The van der Waals surface area contributed by atoms with Gasteiger partial charge in [0.05, 0.1) is 0 Å². The Labute approximate surface area is 240 Å². The zero-order valence-corrected chi connectivity index (χ0v) is 29.3. The van der Waals surface area contributed by atoms with E-state index >= 15 is 0 Å². The zero-order valence-electron chi connectivity index (χ0n) is 24.2. The monoisotopic (exact) mass is 641 g/mol. The Bertz CT molecular complexity index is 1200. The number of allylic oxidation sites excluding steroid dienone is 4. The molecule has 0 amide bonds. The molecule has 0 N–H and O–H groups in total. The molecule has 0 spiro atoms. The van der Waals surface area contributed by atoms with Crippen LogP contribution in [0.25, 0.3) is 24.3 Å². The third kappa shape index (κ3) is 5.37. The average Bonchev–Trinajstić information content (AvgIpc) is 3.42. The van der Waals surface area contributed by atoms with Crippen molar-refractivity contribution in [1.82, 2.24) is 0 Å². The molecule has 2 atom stereocenters. The van der Waals surface area contributed by atoms with E-state index in [9.17, 15) is 0 Å². The van der Waals surface area contributed by atoms with Crippen molar-refractivity contribution < 1.29 is 15.6 Å². The molecule has 2 aliphatic rings. The summed E-state index contributed by atoms with van der Waals surface area (Å²) in [5, 5.41) is 0. The van der Waals surface area contributed by atoms with E-state index in [0.717, 1.165) is 12.8 Å². The number of benzene rings is 2. The van der Waals surface area contributed by atoms with Crippen molar-refractivity contribution >= 4 is 47.3 Å². The van der Waals surface area contributed by atoms with Crippen LogP contribution < -0.4 is 0 Å². The summed E-state index contributed by atoms with van der Waals surface area (Å²) in [6.07, 6.45) is 21.2. The molecule has 2 unspecified atom stereocenters. The molecule has 2 aliphatic carbocycles. The van der Waals surface area contributed by atoms with Crippen LogP contribution in [0.15, 0.2) is 59.7 Å². The molecular formula is C34H45Cl2SiZr. The van der Waals surface area contributed by atoms with Crippen molar-refractivity contribution in [2.45, 2.75) is 86.6 Å². The standard InChI is InChI=1S/2C16H19.C2H7Si.2ClH.Zr/c2*1-3-4-5-6-8-14-9-7-10-15-11-13(2)12-16(14)15;1-3-2;;;/h2*6-12H,3-5H2,1-2H3;3H,1-2H3;2*1H;/q;;;;;+2/p-2. The second-order valence-electron chi connectivity index (χ2n) is 11.8. The zero-order chi connectivity index (χ0) is 27.5. The topological polar surface area (TPSA) is 0 Å². The molecule has 0 aromatic heterocycles. The second kappa shape index (κ2) is 12.3. The molecule has 0 saturated heterocycles. The number of hydrogen-bond donors (Lipinski definition) is 0. The van der Waals surface area contributed by atoms with Crippen molar-refractivity contribution in [2.75, 3.05) is 0 Å². The molecular weight excluding hydrogens is 599 g/mol. The van der Waals surface area contributed by atoms with E-state index in [1.54, 1.807) is 0 Å². The molecule has 0 heterocycles. The van der Waals surface area contributed by atoms with Gasteiger partial charge in [-0.2, -0.15) is 0 Å². The predicted octanol–water partition coefficient (Wildman–Crippen LogP) is 11.7. The average molecular weight is 644 g/mol. The third-order valence-corrected chi connectivity index (χ3v) is 61.1. The van der Waals surface area contributed by atoms with Crippen molar-refractivity contribution in [1.29, 1.82) is 0 Å². The predicted molar refractivity (Wildman–Crippen MR) is 173 cm³/mol. The van der Waals surface area contributed by atoms with Gasteiger partial charge in [-0.1, -0.05) is 0 Å². The van der Waals surface area contributed by atoms with Crippen LogP contribution >= 0.6 is 17.0 Å². The van der Waals surface area contributed by atoms with Crippen molar-refractivity contribution in [3.8, 4) is 0 Å². The van der Waals surface area contributed by atoms with Crippen molar-refractivity contribution in [3.63, 3.8) is 0 Å². The van der Waals surface area contributed by atoms with Gasteiger partial charge in [0.25, 0.3) is 0 Å². The number of fused-ring (bicyclic) bond motifs is 2. The molecule has 0 bridgehead atoms. The third-order valence-electron chi connectivity index (χ3n) is 8.87. The van der Waals surface area contributed by atoms with Crippen LogP contribution in [0.5, 0.6) is 0 Å². The Morgan fingerprint density at radius 2 is 1.16 bits per heavy atom. The fraction of sp³-hybridized carbons (Fsp3) is 0.412. The Kier molecular flexibility index (Phi) is 9.73. The first-order valence-electron chi connectivity index (χ1n) is 14.7. The molecule has 0 aliphatic heterocycles. The van der Waals surface area contributed by atoms with Gasteiger partial charge >= 0.3 is 242 Å². The van der Waals surface area contributed by atoms with Gasteiger partial charge in [0, 0.05) is 0 Å². The molecule has 0 nitrogen and oxygen atoms in total. The molecule has 203 valence electrons. The van der Waals surface area contributed by atoms with Gasteiger partial charge in [-0.15, -0.1) is 0 Å². The molecule has 4 heteroatoms. The molecule has 38 heavy (non-hydrogen) atoms. The summed E-state index contributed by atoms with van der Waals surface area (Å²) >= 11 is -4.55. The van der Waals surface area contributed by atoms with Crippen LogP contribution in [0.1, 0.15) is 107 Å². The minimum atomic E-state index is -4.55. The van der Waals surface area contributed by atoms with Gasteiger partial charge < -0.3 is 0 Å². The molecule has 0 fully saturated rings. The van der Waals surface area contributed by atoms with Gasteiger partial charge in [-0.3, -0.25) is 0 Å². The minimum absolute atomic E-state index is 0.161. The first-order chi connectivity index (χ1) is 18.1. The van der Waals surface area contributed by atoms with E-state index < -0.39 is 21.5 Å². The van der Waals surface area contributed by atoms with Crippen LogP contribution in [0.3, 0.4) is 0 Å². The second-order valence-corrected chi connectivity index (χ2v) is 54.3. The number of rotatable bonds is 11. The summed E-state index contributed by atoms with van der Waals surface area (Å²) in [5.41, 5.74) is 10.7. The van der Waals surface area contributed by atoms with Gasteiger partial charge in [0.1, 0.15) is 0 Å². The van der Waals surface area contributed by atoms with Crippen molar-refractivity contribution in [3.05, 3.63) is 93.1 Å². The number of unbranched alkanes of at least 4 members (excludes halogenated alkanes) is 4.